The number of likely N-dealkylation sites (tertiary alicyclic amines) is 1. The van der Waals surface area contributed by atoms with Crippen molar-refractivity contribution in [1.29, 1.82) is 0 Å². The van der Waals surface area contributed by atoms with Crippen LogP contribution in [0, 0.1) is 5.92 Å². The Morgan fingerprint density at radius 1 is 1.20 bits per heavy atom. The van der Waals surface area contributed by atoms with Gasteiger partial charge in [0.15, 0.2) is 6.61 Å². The van der Waals surface area contributed by atoms with Crippen molar-refractivity contribution in [2.45, 2.75) is 26.3 Å². The highest BCUT2D eigenvalue weighted by Gasteiger charge is 2.35. The van der Waals surface area contributed by atoms with E-state index in [1.165, 1.54) is 0 Å². The van der Waals surface area contributed by atoms with Crippen LogP contribution in [-0.4, -0.2) is 54.9 Å². The van der Waals surface area contributed by atoms with Gasteiger partial charge in [0, 0.05) is 32.1 Å². The molecular formula is C18H25N3O4. The van der Waals surface area contributed by atoms with Crippen LogP contribution in [0.15, 0.2) is 30.3 Å². The second kappa shape index (κ2) is 9.05. The van der Waals surface area contributed by atoms with Crippen molar-refractivity contribution in [1.82, 2.24) is 15.5 Å². The van der Waals surface area contributed by atoms with Crippen molar-refractivity contribution >= 4 is 17.7 Å². The van der Waals surface area contributed by atoms with Crippen LogP contribution in [0.25, 0.3) is 0 Å². The Bertz CT molecular complexity index is 604. The van der Waals surface area contributed by atoms with Gasteiger partial charge in [-0.25, -0.2) is 0 Å². The third-order valence-electron chi connectivity index (χ3n) is 4.01. The van der Waals surface area contributed by atoms with Gasteiger partial charge in [-0.3, -0.25) is 14.4 Å². The third-order valence-corrected chi connectivity index (χ3v) is 4.01. The Balaban J connectivity index is 1.60. The van der Waals surface area contributed by atoms with Crippen LogP contribution in [0.4, 0.5) is 0 Å². The average Bonchev–Trinajstić information content (AvgIpc) is 3.00. The normalized spacial score (nSPS) is 16.8. The van der Waals surface area contributed by atoms with Crippen molar-refractivity contribution in [3.05, 3.63) is 30.3 Å². The summed E-state index contributed by atoms with van der Waals surface area (Å²) in [6.45, 7) is 4.90. The summed E-state index contributed by atoms with van der Waals surface area (Å²) in [5.41, 5.74) is 0. The number of benzene rings is 1. The second-order valence-electron chi connectivity index (χ2n) is 6.28. The standard InChI is InChI=1S/C18H25N3O4/c1-13(2)21-11-14(10-17(21)23)18(24)20-9-8-19-16(22)12-25-15-6-4-3-5-7-15/h3-7,13-14H,8-12H2,1-2H3,(H,19,22)(H,20,24)/t14-/m1/s1. The predicted molar refractivity (Wildman–Crippen MR) is 92.9 cm³/mol. The van der Waals surface area contributed by atoms with E-state index in [9.17, 15) is 14.4 Å². The summed E-state index contributed by atoms with van der Waals surface area (Å²) >= 11 is 0. The number of nitrogens with zero attached hydrogens (tertiary/aromatic N) is 1. The summed E-state index contributed by atoms with van der Waals surface area (Å²) in [6, 6.07) is 9.18. The topological polar surface area (TPSA) is 87.7 Å². The maximum Gasteiger partial charge on any atom is 0.258 e. The first kappa shape index (κ1) is 18.8. The number of carbonyl (C=O) groups excluding carboxylic acids is 3. The van der Waals surface area contributed by atoms with Gasteiger partial charge in [0.05, 0.1) is 5.92 Å². The number of nitrogens with one attached hydrogen (secondary N) is 2. The van der Waals surface area contributed by atoms with Gasteiger partial charge in [-0.05, 0) is 26.0 Å². The van der Waals surface area contributed by atoms with E-state index in [1.807, 2.05) is 32.0 Å². The molecule has 0 saturated carbocycles. The molecule has 0 bridgehead atoms. The molecule has 1 saturated heterocycles. The van der Waals surface area contributed by atoms with Crippen LogP contribution in [0.3, 0.4) is 0 Å². The Hall–Kier alpha value is -2.57. The number of hydrogen-bond acceptors (Lipinski definition) is 4. The highest BCUT2D eigenvalue weighted by molar-refractivity contribution is 5.89. The molecule has 2 N–H and O–H groups in total. The van der Waals surface area contributed by atoms with Gasteiger partial charge < -0.3 is 20.3 Å². The lowest BCUT2D eigenvalue weighted by molar-refractivity contribution is -0.129. The summed E-state index contributed by atoms with van der Waals surface area (Å²) in [7, 11) is 0. The summed E-state index contributed by atoms with van der Waals surface area (Å²) in [5.74, 6) is -0.0634. The average molecular weight is 347 g/mol. The Labute approximate surface area is 147 Å². The SMILES string of the molecule is CC(C)N1C[C@H](C(=O)NCCNC(=O)COc2ccccc2)CC1=O. The Morgan fingerprint density at radius 3 is 2.52 bits per heavy atom. The van der Waals surface area contributed by atoms with Crippen LogP contribution in [0.2, 0.25) is 0 Å². The molecule has 0 spiro atoms. The fourth-order valence-electron chi connectivity index (χ4n) is 2.65. The second-order valence-corrected chi connectivity index (χ2v) is 6.28. The van der Waals surface area contributed by atoms with Gasteiger partial charge in [0.2, 0.25) is 11.8 Å². The molecule has 1 aliphatic heterocycles. The molecule has 1 aliphatic rings. The molecule has 0 unspecified atom stereocenters. The van der Waals surface area contributed by atoms with Crippen LogP contribution in [-0.2, 0) is 14.4 Å². The first-order valence-corrected chi connectivity index (χ1v) is 8.49. The molecule has 1 aromatic carbocycles. The highest BCUT2D eigenvalue weighted by Crippen LogP contribution is 2.19. The molecule has 0 aromatic heterocycles. The fourth-order valence-corrected chi connectivity index (χ4v) is 2.65. The van der Waals surface area contributed by atoms with Crippen LogP contribution >= 0.6 is 0 Å². The van der Waals surface area contributed by atoms with E-state index in [4.69, 9.17) is 4.74 Å². The molecule has 1 heterocycles. The predicted octanol–water partition coefficient (Wildman–Crippen LogP) is 0.555. The van der Waals surface area contributed by atoms with Crippen molar-refractivity contribution in [3.8, 4) is 5.75 Å². The van der Waals surface area contributed by atoms with E-state index in [-0.39, 0.29) is 42.7 Å². The van der Waals surface area contributed by atoms with Gasteiger partial charge >= 0.3 is 0 Å². The van der Waals surface area contributed by atoms with Crippen molar-refractivity contribution in [3.63, 3.8) is 0 Å². The molecule has 1 fully saturated rings. The lowest BCUT2D eigenvalue weighted by atomic mass is 10.1. The molecule has 7 nitrogen and oxygen atoms in total. The molecule has 3 amide bonds. The smallest absolute Gasteiger partial charge is 0.258 e. The Kier molecular flexibility index (Phi) is 6.80. The summed E-state index contributed by atoms with van der Waals surface area (Å²) in [4.78, 5) is 37.3. The van der Waals surface area contributed by atoms with E-state index >= 15 is 0 Å². The maximum atomic E-state index is 12.1. The van der Waals surface area contributed by atoms with Crippen LogP contribution < -0.4 is 15.4 Å². The minimum absolute atomic E-state index is 0.0153. The van der Waals surface area contributed by atoms with Crippen LogP contribution in [0.1, 0.15) is 20.3 Å². The van der Waals surface area contributed by atoms with Crippen molar-refractivity contribution in [2.24, 2.45) is 5.92 Å². The minimum Gasteiger partial charge on any atom is -0.484 e. The van der Waals surface area contributed by atoms with Crippen molar-refractivity contribution < 1.29 is 19.1 Å². The molecular weight excluding hydrogens is 322 g/mol. The van der Waals surface area contributed by atoms with Gasteiger partial charge in [0.1, 0.15) is 5.75 Å². The van der Waals surface area contributed by atoms with Crippen molar-refractivity contribution in [2.75, 3.05) is 26.2 Å². The number of para-hydroxylation sites is 1. The van der Waals surface area contributed by atoms with E-state index < -0.39 is 0 Å². The molecule has 136 valence electrons. The number of amides is 3. The number of ether oxygens (including phenoxy) is 1. The molecule has 0 radical (unpaired) electrons. The molecule has 0 aliphatic carbocycles. The highest BCUT2D eigenvalue weighted by atomic mass is 16.5. The molecule has 1 atom stereocenters. The summed E-state index contributed by atoms with van der Waals surface area (Å²) < 4.78 is 5.33. The lowest BCUT2D eigenvalue weighted by Crippen LogP contribution is -2.40. The fraction of sp³-hybridized carbons (Fsp3) is 0.500. The van der Waals surface area contributed by atoms with Gasteiger partial charge in [-0.2, -0.15) is 0 Å². The summed E-state index contributed by atoms with van der Waals surface area (Å²) in [5, 5.41) is 5.44. The van der Waals surface area contributed by atoms with E-state index in [0.29, 0.717) is 25.4 Å². The van der Waals surface area contributed by atoms with Crippen LogP contribution in [0.5, 0.6) is 5.75 Å². The number of carbonyl (C=O) groups is 3. The first-order valence-electron chi connectivity index (χ1n) is 8.49. The molecule has 2 rings (SSSR count). The van der Waals surface area contributed by atoms with E-state index in [2.05, 4.69) is 10.6 Å². The minimum atomic E-state index is -0.313. The quantitative estimate of drug-likeness (QED) is 0.673. The zero-order chi connectivity index (χ0) is 18.2. The zero-order valence-electron chi connectivity index (χ0n) is 14.7. The maximum absolute atomic E-state index is 12.1. The van der Waals surface area contributed by atoms with Gasteiger partial charge in [-0.15, -0.1) is 0 Å². The number of hydrogen-bond donors (Lipinski definition) is 2. The summed E-state index contributed by atoms with van der Waals surface area (Å²) in [6.07, 6.45) is 0.251. The van der Waals surface area contributed by atoms with Gasteiger partial charge in [-0.1, -0.05) is 18.2 Å². The largest absolute Gasteiger partial charge is 0.484 e. The van der Waals surface area contributed by atoms with Gasteiger partial charge in [0.25, 0.3) is 5.91 Å². The molecule has 7 heteroatoms. The number of rotatable bonds is 8. The molecule has 1 aromatic rings. The monoisotopic (exact) mass is 347 g/mol. The first-order chi connectivity index (χ1) is 12.0. The van der Waals surface area contributed by atoms with E-state index in [1.54, 1.807) is 17.0 Å². The third kappa shape index (κ3) is 5.77. The molecule has 25 heavy (non-hydrogen) atoms. The van der Waals surface area contributed by atoms with E-state index in [0.717, 1.165) is 0 Å². The zero-order valence-corrected chi connectivity index (χ0v) is 14.7. The lowest BCUT2D eigenvalue weighted by Gasteiger charge is -2.20. The Morgan fingerprint density at radius 2 is 1.88 bits per heavy atom.